The maximum absolute atomic E-state index is 6.13. The van der Waals surface area contributed by atoms with Crippen molar-refractivity contribution in [2.75, 3.05) is 6.54 Å². The summed E-state index contributed by atoms with van der Waals surface area (Å²) in [5.41, 5.74) is 1.02. The third-order valence-corrected chi connectivity index (χ3v) is 4.09. The summed E-state index contributed by atoms with van der Waals surface area (Å²) < 4.78 is 0. The van der Waals surface area contributed by atoms with Crippen molar-refractivity contribution in [2.24, 2.45) is 0 Å². The van der Waals surface area contributed by atoms with E-state index in [0.29, 0.717) is 16.5 Å². The Morgan fingerprint density at radius 2 is 1.80 bits per heavy atom. The predicted octanol–water partition coefficient (Wildman–Crippen LogP) is 5.81. The van der Waals surface area contributed by atoms with E-state index < -0.39 is 0 Å². The minimum absolute atomic E-state index is 0.657. The van der Waals surface area contributed by atoms with Gasteiger partial charge in [0.2, 0.25) is 0 Å². The molecule has 0 saturated heterocycles. The Bertz CT molecular complexity index is 421. The van der Waals surface area contributed by atoms with Crippen molar-refractivity contribution in [3.05, 3.63) is 33.8 Å². The molecule has 1 N–H and O–H groups in total. The molecule has 4 heteroatoms. The molecule has 0 aliphatic heterocycles. The molecule has 1 aromatic carbocycles. The monoisotopic (exact) mass is 331 g/mol. The lowest BCUT2D eigenvalue weighted by Gasteiger charge is -2.09. The second-order valence-corrected chi connectivity index (χ2v) is 6.37. The molecular formula is C16H23Cl2NS. The molecule has 20 heavy (non-hydrogen) atoms. The van der Waals surface area contributed by atoms with E-state index in [1.54, 1.807) is 6.07 Å². The van der Waals surface area contributed by atoms with Crippen LogP contribution in [0, 0.1) is 0 Å². The largest absolute Gasteiger partial charge is 0.379 e. The van der Waals surface area contributed by atoms with E-state index in [2.05, 4.69) is 12.2 Å². The zero-order valence-corrected chi connectivity index (χ0v) is 14.4. The fraction of sp³-hybridized carbons (Fsp3) is 0.562. The zero-order valence-electron chi connectivity index (χ0n) is 12.1. The number of rotatable bonds is 9. The highest BCUT2D eigenvalue weighted by molar-refractivity contribution is 7.80. The van der Waals surface area contributed by atoms with Crippen molar-refractivity contribution < 1.29 is 0 Å². The maximum Gasteiger partial charge on any atom is 0.0798 e. The van der Waals surface area contributed by atoms with Gasteiger partial charge in [-0.05, 0) is 24.1 Å². The molecule has 1 aromatic rings. The Hall–Kier alpha value is -0.310. The number of nitrogens with one attached hydrogen (secondary N) is 1. The first-order valence-corrected chi connectivity index (χ1v) is 8.50. The molecule has 0 spiro atoms. The summed E-state index contributed by atoms with van der Waals surface area (Å²) in [5, 5.41) is 4.64. The standard InChI is InChI=1S/C16H23Cl2NS/c1-2-3-4-5-6-7-10-19-16(20)11-13-8-9-14(17)12-15(13)18/h8-9,12H,2-7,10-11H2,1H3,(H,19,20). The average molecular weight is 332 g/mol. The summed E-state index contributed by atoms with van der Waals surface area (Å²) in [6.45, 7) is 3.19. The first-order valence-electron chi connectivity index (χ1n) is 7.34. The minimum Gasteiger partial charge on any atom is -0.379 e. The SMILES string of the molecule is CCCCCCCCNC(=S)Cc1ccc(Cl)cc1Cl. The van der Waals surface area contributed by atoms with E-state index in [9.17, 15) is 0 Å². The lowest BCUT2D eigenvalue weighted by Crippen LogP contribution is -2.24. The Morgan fingerprint density at radius 3 is 2.50 bits per heavy atom. The lowest BCUT2D eigenvalue weighted by molar-refractivity contribution is 0.602. The van der Waals surface area contributed by atoms with Crippen LogP contribution < -0.4 is 5.32 Å². The molecule has 1 nitrogen and oxygen atoms in total. The number of benzene rings is 1. The quantitative estimate of drug-likeness (QED) is 0.452. The van der Waals surface area contributed by atoms with E-state index >= 15 is 0 Å². The van der Waals surface area contributed by atoms with Gasteiger partial charge in [-0.1, -0.05) is 80.5 Å². The maximum atomic E-state index is 6.13. The molecule has 0 aromatic heterocycles. The van der Waals surface area contributed by atoms with Crippen LogP contribution in [0.3, 0.4) is 0 Å². The van der Waals surface area contributed by atoms with E-state index in [-0.39, 0.29) is 0 Å². The normalized spacial score (nSPS) is 10.6. The van der Waals surface area contributed by atoms with Gasteiger partial charge in [-0.15, -0.1) is 0 Å². The molecule has 0 aliphatic rings. The molecule has 1 rings (SSSR count). The number of thiocarbonyl (C=S) groups is 1. The number of hydrogen-bond acceptors (Lipinski definition) is 1. The van der Waals surface area contributed by atoms with Crippen LogP contribution in [-0.2, 0) is 6.42 Å². The first kappa shape index (κ1) is 17.7. The van der Waals surface area contributed by atoms with E-state index in [0.717, 1.165) is 17.1 Å². The molecule has 0 atom stereocenters. The third-order valence-electron chi connectivity index (χ3n) is 3.22. The average Bonchev–Trinajstić information content (AvgIpc) is 2.41. The molecule has 112 valence electrons. The third kappa shape index (κ3) is 7.47. The first-order chi connectivity index (χ1) is 9.63. The van der Waals surface area contributed by atoms with Crippen LogP contribution in [0.25, 0.3) is 0 Å². The molecule has 0 heterocycles. The second kappa shape index (κ2) is 10.4. The molecule has 0 unspecified atom stereocenters. The predicted molar refractivity (Wildman–Crippen MR) is 94.1 cm³/mol. The van der Waals surface area contributed by atoms with Crippen LogP contribution >= 0.6 is 35.4 Å². The number of hydrogen-bond donors (Lipinski definition) is 1. The van der Waals surface area contributed by atoms with Crippen molar-refractivity contribution in [1.29, 1.82) is 0 Å². The van der Waals surface area contributed by atoms with Gasteiger partial charge in [0.15, 0.2) is 0 Å². The summed E-state index contributed by atoms with van der Waals surface area (Å²) in [6, 6.07) is 5.54. The summed E-state index contributed by atoms with van der Waals surface area (Å²) in [7, 11) is 0. The fourth-order valence-corrected chi connectivity index (χ4v) is 2.77. The smallest absolute Gasteiger partial charge is 0.0798 e. The fourth-order valence-electron chi connectivity index (χ4n) is 2.03. The molecular weight excluding hydrogens is 309 g/mol. The van der Waals surface area contributed by atoms with Crippen LogP contribution in [0.4, 0.5) is 0 Å². The Kier molecular flexibility index (Phi) is 9.24. The molecule has 0 amide bonds. The van der Waals surface area contributed by atoms with Gasteiger partial charge in [-0.25, -0.2) is 0 Å². The lowest BCUT2D eigenvalue weighted by atomic mass is 10.1. The van der Waals surface area contributed by atoms with Gasteiger partial charge in [0.25, 0.3) is 0 Å². The Labute approximate surface area is 138 Å². The van der Waals surface area contributed by atoms with Gasteiger partial charge in [0.1, 0.15) is 0 Å². The van der Waals surface area contributed by atoms with Gasteiger partial charge in [0.05, 0.1) is 4.99 Å². The second-order valence-electron chi connectivity index (χ2n) is 5.03. The highest BCUT2D eigenvalue weighted by Crippen LogP contribution is 2.21. The van der Waals surface area contributed by atoms with Crippen molar-refractivity contribution in [3.63, 3.8) is 0 Å². The minimum atomic E-state index is 0.657. The van der Waals surface area contributed by atoms with E-state index in [1.807, 2.05) is 12.1 Å². The molecule has 0 fully saturated rings. The van der Waals surface area contributed by atoms with Crippen molar-refractivity contribution in [3.8, 4) is 0 Å². The van der Waals surface area contributed by atoms with Crippen LogP contribution in [0.2, 0.25) is 10.0 Å². The highest BCUT2D eigenvalue weighted by atomic mass is 35.5. The number of halogens is 2. The van der Waals surface area contributed by atoms with Gasteiger partial charge in [-0.3, -0.25) is 0 Å². The highest BCUT2D eigenvalue weighted by Gasteiger charge is 2.04. The van der Waals surface area contributed by atoms with Crippen LogP contribution in [0.1, 0.15) is 51.0 Å². The Morgan fingerprint density at radius 1 is 1.10 bits per heavy atom. The summed E-state index contributed by atoms with van der Waals surface area (Å²) >= 11 is 17.4. The number of unbranched alkanes of at least 4 members (excludes halogenated alkanes) is 5. The molecule has 0 bridgehead atoms. The molecule has 0 aliphatic carbocycles. The zero-order chi connectivity index (χ0) is 14.8. The van der Waals surface area contributed by atoms with Gasteiger partial charge in [0, 0.05) is 23.0 Å². The van der Waals surface area contributed by atoms with Crippen molar-refractivity contribution >= 4 is 40.4 Å². The van der Waals surface area contributed by atoms with E-state index in [4.69, 9.17) is 35.4 Å². The van der Waals surface area contributed by atoms with Crippen LogP contribution in [0.15, 0.2) is 18.2 Å². The van der Waals surface area contributed by atoms with Crippen LogP contribution in [0.5, 0.6) is 0 Å². The van der Waals surface area contributed by atoms with Crippen LogP contribution in [-0.4, -0.2) is 11.5 Å². The summed E-state index contributed by atoms with van der Waals surface area (Å²) in [4.78, 5) is 0.850. The van der Waals surface area contributed by atoms with Gasteiger partial charge in [-0.2, -0.15) is 0 Å². The molecule has 0 saturated carbocycles. The van der Waals surface area contributed by atoms with E-state index in [1.165, 1.54) is 38.5 Å². The van der Waals surface area contributed by atoms with Crippen molar-refractivity contribution in [1.82, 2.24) is 5.32 Å². The van der Waals surface area contributed by atoms with Crippen molar-refractivity contribution in [2.45, 2.75) is 51.9 Å². The Balaban J connectivity index is 2.17. The summed E-state index contributed by atoms with van der Waals surface area (Å²) in [5.74, 6) is 0. The van der Waals surface area contributed by atoms with Gasteiger partial charge < -0.3 is 5.32 Å². The van der Waals surface area contributed by atoms with Gasteiger partial charge >= 0.3 is 0 Å². The topological polar surface area (TPSA) is 12.0 Å². The molecule has 0 radical (unpaired) electrons. The summed E-state index contributed by atoms with van der Waals surface area (Å²) in [6.07, 6.45) is 8.45.